The molecule has 1 aromatic rings. The second-order valence-corrected chi connectivity index (χ2v) is 4.64. The van der Waals surface area contributed by atoms with Crippen molar-refractivity contribution in [2.45, 2.75) is 26.7 Å². The molecule has 94 valence electrons. The van der Waals surface area contributed by atoms with E-state index in [1.165, 1.54) is 6.07 Å². The molecule has 4 heteroatoms. The fourth-order valence-corrected chi connectivity index (χ4v) is 1.71. The number of carbonyl (C=O) groups is 1. The summed E-state index contributed by atoms with van der Waals surface area (Å²) >= 11 is 5.84. The first kappa shape index (κ1) is 13.8. The molecular weight excluding hydrogens is 238 g/mol. The zero-order chi connectivity index (χ0) is 12.8. The van der Waals surface area contributed by atoms with Crippen molar-refractivity contribution in [1.29, 1.82) is 0 Å². The van der Waals surface area contributed by atoms with Crippen molar-refractivity contribution < 1.29 is 9.53 Å². The maximum absolute atomic E-state index is 11.7. The lowest BCUT2D eigenvalue weighted by molar-refractivity contribution is 0.0443. The number of hydrogen-bond acceptors (Lipinski definition) is 3. The van der Waals surface area contributed by atoms with Gasteiger partial charge in [-0.15, -0.1) is 0 Å². The zero-order valence-electron chi connectivity index (χ0n) is 10.2. The number of esters is 1. The van der Waals surface area contributed by atoms with Crippen molar-refractivity contribution in [2.75, 3.05) is 12.3 Å². The summed E-state index contributed by atoms with van der Waals surface area (Å²) in [5.41, 5.74) is 6.47. The molecule has 0 aliphatic rings. The fourth-order valence-electron chi connectivity index (χ4n) is 1.53. The molecule has 17 heavy (non-hydrogen) atoms. The van der Waals surface area contributed by atoms with Gasteiger partial charge in [0.05, 0.1) is 22.9 Å². The molecule has 0 radical (unpaired) electrons. The van der Waals surface area contributed by atoms with Crippen LogP contribution in [0.2, 0.25) is 5.02 Å². The van der Waals surface area contributed by atoms with Gasteiger partial charge in [0, 0.05) is 0 Å². The predicted molar refractivity (Wildman–Crippen MR) is 70.2 cm³/mol. The standard InChI is InChI=1S/C13H18ClNO2/c1-3-4-9(2)8-17-13(16)10-5-6-12(15)11(14)7-10/h5-7,9H,3-4,8,15H2,1-2H3. The molecule has 3 nitrogen and oxygen atoms in total. The van der Waals surface area contributed by atoms with Gasteiger partial charge in [0.1, 0.15) is 0 Å². The maximum atomic E-state index is 11.7. The second kappa shape index (κ2) is 6.50. The Morgan fingerprint density at radius 3 is 2.82 bits per heavy atom. The quantitative estimate of drug-likeness (QED) is 0.647. The van der Waals surface area contributed by atoms with Gasteiger partial charge >= 0.3 is 5.97 Å². The molecule has 0 amide bonds. The number of nitrogens with two attached hydrogens (primary N) is 1. The molecule has 2 N–H and O–H groups in total. The van der Waals surface area contributed by atoms with Crippen molar-refractivity contribution in [3.05, 3.63) is 28.8 Å². The molecule has 1 aromatic carbocycles. The average molecular weight is 256 g/mol. The van der Waals surface area contributed by atoms with E-state index < -0.39 is 0 Å². The Balaban J connectivity index is 2.55. The van der Waals surface area contributed by atoms with Crippen molar-refractivity contribution in [3.8, 4) is 0 Å². The van der Waals surface area contributed by atoms with Crippen molar-refractivity contribution in [1.82, 2.24) is 0 Å². The molecule has 0 aromatic heterocycles. The van der Waals surface area contributed by atoms with Crippen LogP contribution in [0, 0.1) is 5.92 Å². The molecule has 0 heterocycles. The van der Waals surface area contributed by atoms with Crippen LogP contribution < -0.4 is 5.73 Å². The van der Waals surface area contributed by atoms with Gasteiger partial charge < -0.3 is 10.5 Å². The van der Waals surface area contributed by atoms with Crippen LogP contribution in [-0.4, -0.2) is 12.6 Å². The van der Waals surface area contributed by atoms with E-state index >= 15 is 0 Å². The summed E-state index contributed by atoms with van der Waals surface area (Å²) < 4.78 is 5.20. The Hall–Kier alpha value is -1.22. The summed E-state index contributed by atoms with van der Waals surface area (Å²) in [6, 6.07) is 4.76. The van der Waals surface area contributed by atoms with Crippen LogP contribution >= 0.6 is 11.6 Å². The largest absolute Gasteiger partial charge is 0.462 e. The molecule has 0 aliphatic heterocycles. The molecule has 0 aliphatic carbocycles. The first-order valence-corrected chi connectivity index (χ1v) is 6.14. The van der Waals surface area contributed by atoms with Crippen LogP contribution in [-0.2, 0) is 4.74 Å². The molecule has 0 saturated carbocycles. The van der Waals surface area contributed by atoms with Crippen molar-refractivity contribution >= 4 is 23.3 Å². The first-order chi connectivity index (χ1) is 8.04. The van der Waals surface area contributed by atoms with E-state index in [-0.39, 0.29) is 5.97 Å². The fraction of sp³-hybridized carbons (Fsp3) is 0.462. The summed E-state index contributed by atoms with van der Waals surface area (Å²) in [7, 11) is 0. The van der Waals surface area contributed by atoms with Gasteiger partial charge in [-0.1, -0.05) is 31.9 Å². The summed E-state index contributed by atoms with van der Waals surface area (Å²) in [5.74, 6) is 0.0306. The van der Waals surface area contributed by atoms with Crippen LogP contribution in [0.1, 0.15) is 37.0 Å². The molecule has 0 fully saturated rings. The SMILES string of the molecule is CCCC(C)COC(=O)c1ccc(N)c(Cl)c1. The highest BCUT2D eigenvalue weighted by atomic mass is 35.5. The van der Waals surface area contributed by atoms with E-state index in [1.807, 2.05) is 0 Å². The number of carbonyl (C=O) groups excluding carboxylic acids is 1. The average Bonchev–Trinajstić information content (AvgIpc) is 2.30. The minimum absolute atomic E-state index is 0.352. The summed E-state index contributed by atoms with van der Waals surface area (Å²) in [4.78, 5) is 11.7. The molecule has 0 bridgehead atoms. The van der Waals surface area contributed by atoms with Crippen molar-refractivity contribution in [3.63, 3.8) is 0 Å². The van der Waals surface area contributed by atoms with Crippen LogP contribution in [0.5, 0.6) is 0 Å². The summed E-state index contributed by atoms with van der Waals surface area (Å²) in [6.07, 6.45) is 2.14. The van der Waals surface area contributed by atoms with Gasteiger partial charge in [0.15, 0.2) is 0 Å². The van der Waals surface area contributed by atoms with Crippen LogP contribution in [0.25, 0.3) is 0 Å². The van der Waals surface area contributed by atoms with Crippen LogP contribution in [0.3, 0.4) is 0 Å². The minimum Gasteiger partial charge on any atom is -0.462 e. The lowest BCUT2D eigenvalue weighted by atomic mass is 10.1. The Bertz CT molecular complexity index is 393. The van der Waals surface area contributed by atoms with E-state index in [0.29, 0.717) is 28.8 Å². The number of ether oxygens (including phenoxy) is 1. The Labute approximate surface area is 107 Å². The first-order valence-electron chi connectivity index (χ1n) is 5.76. The molecule has 1 unspecified atom stereocenters. The van der Waals surface area contributed by atoms with Crippen molar-refractivity contribution in [2.24, 2.45) is 5.92 Å². The highest BCUT2D eigenvalue weighted by Gasteiger charge is 2.10. The number of rotatable bonds is 5. The monoisotopic (exact) mass is 255 g/mol. The van der Waals surface area contributed by atoms with Gasteiger partial charge in [-0.3, -0.25) is 0 Å². The van der Waals surface area contributed by atoms with E-state index in [0.717, 1.165) is 12.8 Å². The lowest BCUT2D eigenvalue weighted by Gasteiger charge is -2.11. The second-order valence-electron chi connectivity index (χ2n) is 4.23. The van der Waals surface area contributed by atoms with E-state index in [1.54, 1.807) is 12.1 Å². The zero-order valence-corrected chi connectivity index (χ0v) is 11.0. The smallest absolute Gasteiger partial charge is 0.338 e. The normalized spacial score (nSPS) is 12.2. The van der Waals surface area contributed by atoms with Gasteiger partial charge in [-0.25, -0.2) is 4.79 Å². The van der Waals surface area contributed by atoms with Crippen LogP contribution in [0.4, 0.5) is 5.69 Å². The number of nitrogen functional groups attached to an aromatic ring is 1. The predicted octanol–water partition coefficient (Wildman–Crippen LogP) is 3.52. The van der Waals surface area contributed by atoms with Gasteiger partial charge in [-0.05, 0) is 30.5 Å². The summed E-state index contributed by atoms with van der Waals surface area (Å²) in [6.45, 7) is 4.61. The maximum Gasteiger partial charge on any atom is 0.338 e. The number of benzene rings is 1. The highest BCUT2D eigenvalue weighted by molar-refractivity contribution is 6.33. The van der Waals surface area contributed by atoms with E-state index in [9.17, 15) is 4.79 Å². The van der Waals surface area contributed by atoms with Gasteiger partial charge in [0.2, 0.25) is 0 Å². The Morgan fingerprint density at radius 1 is 1.53 bits per heavy atom. The van der Waals surface area contributed by atoms with E-state index in [2.05, 4.69) is 13.8 Å². The third kappa shape index (κ3) is 4.27. The van der Waals surface area contributed by atoms with Gasteiger partial charge in [-0.2, -0.15) is 0 Å². The lowest BCUT2D eigenvalue weighted by Crippen LogP contribution is -2.12. The minimum atomic E-state index is -0.352. The van der Waals surface area contributed by atoms with Crippen LogP contribution in [0.15, 0.2) is 18.2 Å². The topological polar surface area (TPSA) is 52.3 Å². The summed E-state index contributed by atoms with van der Waals surface area (Å²) in [5, 5.41) is 0.376. The third-order valence-electron chi connectivity index (χ3n) is 2.52. The van der Waals surface area contributed by atoms with Gasteiger partial charge in [0.25, 0.3) is 0 Å². The highest BCUT2D eigenvalue weighted by Crippen LogP contribution is 2.20. The van der Waals surface area contributed by atoms with E-state index in [4.69, 9.17) is 22.1 Å². The molecule has 0 spiro atoms. The molecule has 0 saturated heterocycles. The third-order valence-corrected chi connectivity index (χ3v) is 2.84. The number of halogens is 1. The molecule has 1 rings (SSSR count). The molecule has 1 atom stereocenters. The Kier molecular flexibility index (Phi) is 5.29. The number of anilines is 1. The number of hydrogen-bond donors (Lipinski definition) is 1. The molecular formula is C13H18ClNO2. The Morgan fingerprint density at radius 2 is 2.24 bits per heavy atom.